The number of hydrogen-bond acceptors (Lipinski definition) is 3. The van der Waals surface area contributed by atoms with Crippen molar-refractivity contribution in [1.29, 1.82) is 0 Å². The molecule has 0 aliphatic carbocycles. The van der Waals surface area contributed by atoms with Crippen molar-refractivity contribution in [2.45, 2.75) is 64.1 Å². The van der Waals surface area contributed by atoms with Gasteiger partial charge in [0.1, 0.15) is 0 Å². The molecule has 2 aliphatic rings. The maximum absolute atomic E-state index is 12.3. The first-order valence-corrected chi connectivity index (χ1v) is 7.22. The molecule has 4 heteroatoms. The van der Waals surface area contributed by atoms with Crippen LogP contribution in [0.2, 0.25) is 0 Å². The number of rotatable bonds is 3. The Bertz CT molecular complexity index is 308. The first-order valence-electron chi connectivity index (χ1n) is 7.22. The van der Waals surface area contributed by atoms with Crippen molar-refractivity contribution in [2.24, 2.45) is 5.92 Å². The van der Waals surface area contributed by atoms with E-state index < -0.39 is 0 Å². The molecule has 104 valence electrons. The molecule has 2 rings (SSSR count). The second kappa shape index (κ2) is 5.57. The summed E-state index contributed by atoms with van der Waals surface area (Å²) in [7, 11) is 0. The highest BCUT2D eigenvalue weighted by atomic mass is 16.5. The van der Waals surface area contributed by atoms with E-state index in [0.29, 0.717) is 5.92 Å². The zero-order chi connectivity index (χ0) is 13.2. The maximum atomic E-state index is 12.3. The van der Waals surface area contributed by atoms with E-state index in [0.717, 1.165) is 26.0 Å². The summed E-state index contributed by atoms with van der Waals surface area (Å²) in [5.74, 6) is 0.833. The molecule has 4 unspecified atom stereocenters. The second-order valence-corrected chi connectivity index (χ2v) is 5.98. The first kappa shape index (κ1) is 13.8. The third-order valence-electron chi connectivity index (χ3n) is 4.70. The van der Waals surface area contributed by atoms with Crippen LogP contribution in [0, 0.1) is 5.92 Å². The fraction of sp³-hybridized carbons (Fsp3) is 0.929. The molecule has 2 fully saturated rings. The Balaban J connectivity index is 1.91. The van der Waals surface area contributed by atoms with Crippen molar-refractivity contribution >= 4 is 5.91 Å². The maximum Gasteiger partial charge on any atom is 0.237 e. The van der Waals surface area contributed by atoms with Crippen molar-refractivity contribution < 1.29 is 9.53 Å². The Morgan fingerprint density at radius 1 is 1.56 bits per heavy atom. The Hall–Kier alpha value is -0.610. The van der Waals surface area contributed by atoms with Gasteiger partial charge in [-0.15, -0.1) is 0 Å². The van der Waals surface area contributed by atoms with E-state index in [2.05, 4.69) is 24.5 Å². The Morgan fingerprint density at radius 3 is 2.94 bits per heavy atom. The van der Waals surface area contributed by atoms with Crippen LogP contribution in [0.15, 0.2) is 0 Å². The minimum Gasteiger partial charge on any atom is -0.376 e. The summed E-state index contributed by atoms with van der Waals surface area (Å²) in [6.07, 6.45) is 4.34. The number of nitrogens with one attached hydrogen (secondary N) is 2. The molecule has 2 N–H and O–H groups in total. The highest BCUT2D eigenvalue weighted by Crippen LogP contribution is 2.26. The topological polar surface area (TPSA) is 50.4 Å². The summed E-state index contributed by atoms with van der Waals surface area (Å²) in [5, 5.41) is 6.53. The van der Waals surface area contributed by atoms with Gasteiger partial charge in [0.2, 0.25) is 5.91 Å². The fourth-order valence-electron chi connectivity index (χ4n) is 2.93. The average molecular weight is 254 g/mol. The molecule has 0 radical (unpaired) electrons. The number of ether oxygens (including phenoxy) is 1. The Labute approximate surface area is 110 Å². The highest BCUT2D eigenvalue weighted by Gasteiger charge is 2.40. The van der Waals surface area contributed by atoms with Crippen LogP contribution in [-0.2, 0) is 9.53 Å². The molecule has 0 aromatic rings. The molecule has 18 heavy (non-hydrogen) atoms. The van der Waals surface area contributed by atoms with E-state index in [9.17, 15) is 4.79 Å². The molecule has 4 atom stereocenters. The summed E-state index contributed by atoms with van der Waals surface area (Å²) in [4.78, 5) is 12.3. The zero-order valence-electron chi connectivity index (χ0n) is 11.8. The quantitative estimate of drug-likeness (QED) is 0.801. The number of piperidine rings is 1. The molecule has 0 saturated carbocycles. The third kappa shape index (κ3) is 2.86. The van der Waals surface area contributed by atoms with Gasteiger partial charge in [0.15, 0.2) is 0 Å². The minimum absolute atomic E-state index is 0.0201. The van der Waals surface area contributed by atoms with E-state index in [-0.39, 0.29) is 23.6 Å². The van der Waals surface area contributed by atoms with E-state index >= 15 is 0 Å². The summed E-state index contributed by atoms with van der Waals surface area (Å²) in [5.41, 5.74) is -0.197. The monoisotopic (exact) mass is 254 g/mol. The Morgan fingerprint density at radius 2 is 2.33 bits per heavy atom. The van der Waals surface area contributed by atoms with Gasteiger partial charge in [-0.3, -0.25) is 4.79 Å². The third-order valence-corrected chi connectivity index (χ3v) is 4.70. The van der Waals surface area contributed by atoms with Gasteiger partial charge in [-0.05, 0) is 45.6 Å². The first-order chi connectivity index (χ1) is 8.55. The van der Waals surface area contributed by atoms with Crippen LogP contribution >= 0.6 is 0 Å². The molecule has 0 bridgehead atoms. The van der Waals surface area contributed by atoms with E-state index in [1.54, 1.807) is 0 Å². The zero-order valence-corrected chi connectivity index (χ0v) is 11.8. The van der Waals surface area contributed by atoms with Gasteiger partial charge in [0.05, 0.1) is 17.7 Å². The molecular formula is C14H26N2O2. The molecule has 0 aromatic carbocycles. The van der Waals surface area contributed by atoms with Crippen LogP contribution in [-0.4, -0.2) is 36.7 Å². The predicted molar refractivity (Wildman–Crippen MR) is 71.4 cm³/mol. The molecule has 0 aromatic heterocycles. The summed E-state index contributed by atoms with van der Waals surface area (Å²) >= 11 is 0. The number of hydrogen-bond donors (Lipinski definition) is 2. The van der Waals surface area contributed by atoms with E-state index in [1.165, 1.54) is 12.8 Å². The van der Waals surface area contributed by atoms with Gasteiger partial charge in [-0.1, -0.05) is 13.3 Å². The van der Waals surface area contributed by atoms with E-state index in [4.69, 9.17) is 4.74 Å². The van der Waals surface area contributed by atoms with Crippen LogP contribution in [0.4, 0.5) is 0 Å². The molecule has 4 nitrogen and oxygen atoms in total. The Kier molecular flexibility index (Phi) is 4.28. The lowest BCUT2D eigenvalue weighted by atomic mass is 9.88. The minimum atomic E-state index is -0.197. The highest BCUT2D eigenvalue weighted by molar-refractivity contribution is 5.82. The number of amides is 1. The lowest BCUT2D eigenvalue weighted by Crippen LogP contribution is -2.57. The van der Waals surface area contributed by atoms with Gasteiger partial charge >= 0.3 is 0 Å². The number of carbonyl (C=O) groups excluding carboxylic acids is 1. The molecule has 2 heterocycles. The molecule has 1 amide bonds. The van der Waals surface area contributed by atoms with Crippen LogP contribution in [0.3, 0.4) is 0 Å². The van der Waals surface area contributed by atoms with Crippen LogP contribution < -0.4 is 10.6 Å². The molecule has 0 spiro atoms. The largest absolute Gasteiger partial charge is 0.376 e. The normalized spacial score (nSPS) is 40.7. The van der Waals surface area contributed by atoms with E-state index in [1.807, 2.05) is 6.92 Å². The smallest absolute Gasteiger partial charge is 0.237 e. The van der Waals surface area contributed by atoms with Gasteiger partial charge in [-0.25, -0.2) is 0 Å². The van der Waals surface area contributed by atoms with Crippen molar-refractivity contribution in [1.82, 2.24) is 10.6 Å². The lowest BCUT2D eigenvalue weighted by Gasteiger charge is -2.34. The second-order valence-electron chi connectivity index (χ2n) is 5.98. The van der Waals surface area contributed by atoms with Gasteiger partial charge in [0, 0.05) is 6.61 Å². The van der Waals surface area contributed by atoms with Crippen molar-refractivity contribution in [2.75, 3.05) is 13.2 Å². The average Bonchev–Trinajstić information content (AvgIpc) is 2.69. The summed E-state index contributed by atoms with van der Waals surface area (Å²) in [6.45, 7) is 8.03. The van der Waals surface area contributed by atoms with Crippen molar-refractivity contribution in [3.8, 4) is 0 Å². The van der Waals surface area contributed by atoms with Crippen LogP contribution in [0.5, 0.6) is 0 Å². The van der Waals surface area contributed by atoms with Crippen molar-refractivity contribution in [3.63, 3.8) is 0 Å². The molecule has 2 saturated heterocycles. The summed E-state index contributed by atoms with van der Waals surface area (Å²) < 4.78 is 5.56. The van der Waals surface area contributed by atoms with Gasteiger partial charge < -0.3 is 15.4 Å². The number of carbonyl (C=O) groups is 1. The summed E-state index contributed by atoms with van der Waals surface area (Å²) in [6, 6.07) is -0.0201. The lowest BCUT2D eigenvalue weighted by molar-refractivity contribution is -0.126. The molecular weight excluding hydrogens is 228 g/mol. The van der Waals surface area contributed by atoms with Gasteiger partial charge in [-0.2, -0.15) is 0 Å². The predicted octanol–water partition coefficient (Wildman–Crippen LogP) is 1.45. The standard InChI is InChI=1S/C14H26N2O2/c1-4-11-5-7-15-12(9-11)13(17)16-14(3)6-8-18-10(14)2/h10-12,15H,4-9H2,1-3H3,(H,16,17). The SMILES string of the molecule is CCC1CCNC(C(=O)NC2(C)CCOC2C)C1. The van der Waals surface area contributed by atoms with Gasteiger partial charge in [0.25, 0.3) is 0 Å². The van der Waals surface area contributed by atoms with Crippen LogP contribution in [0.1, 0.15) is 46.5 Å². The fourth-order valence-corrected chi connectivity index (χ4v) is 2.93. The molecule has 2 aliphatic heterocycles. The van der Waals surface area contributed by atoms with Crippen LogP contribution in [0.25, 0.3) is 0 Å². The van der Waals surface area contributed by atoms with Crippen molar-refractivity contribution in [3.05, 3.63) is 0 Å².